The Hall–Kier alpha value is -1.55. The Morgan fingerprint density at radius 2 is 2.28 bits per heavy atom. The topological polar surface area (TPSA) is 45.8 Å². The lowest BCUT2D eigenvalue weighted by Crippen LogP contribution is -2.17. The third kappa shape index (κ3) is 2.20. The Balaban J connectivity index is 1.94. The molecule has 1 N–H and O–H groups in total. The van der Waals surface area contributed by atoms with Crippen molar-refractivity contribution in [2.75, 3.05) is 0 Å². The summed E-state index contributed by atoms with van der Waals surface area (Å²) in [7, 11) is 0. The number of aromatic amines is 1. The van der Waals surface area contributed by atoms with Crippen LogP contribution in [0, 0.1) is 6.92 Å². The maximum atomic E-state index is 11.9. The second-order valence-corrected chi connectivity index (χ2v) is 5.58. The van der Waals surface area contributed by atoms with E-state index >= 15 is 0 Å². The highest BCUT2D eigenvalue weighted by molar-refractivity contribution is 7.98. The van der Waals surface area contributed by atoms with Crippen molar-refractivity contribution in [1.29, 1.82) is 0 Å². The van der Waals surface area contributed by atoms with Crippen molar-refractivity contribution >= 4 is 11.8 Å². The van der Waals surface area contributed by atoms with Gasteiger partial charge in [-0.05, 0) is 12.5 Å². The van der Waals surface area contributed by atoms with Crippen LogP contribution in [-0.2, 0) is 17.9 Å². The van der Waals surface area contributed by atoms with Crippen molar-refractivity contribution in [1.82, 2.24) is 9.97 Å². The highest BCUT2D eigenvalue weighted by Gasteiger charge is 2.17. The number of nitrogens with one attached hydrogen (secondary N) is 1. The fraction of sp³-hybridized carbons (Fsp3) is 0.286. The van der Waals surface area contributed by atoms with E-state index in [1.807, 2.05) is 6.07 Å². The van der Waals surface area contributed by atoms with Crippen LogP contribution in [0.2, 0.25) is 0 Å². The van der Waals surface area contributed by atoms with Crippen LogP contribution in [0.25, 0.3) is 0 Å². The largest absolute Gasteiger partial charge is 0.310 e. The molecular formula is C14H14N2OS. The average Bonchev–Trinajstić information content (AvgIpc) is 2.77. The number of aromatic nitrogens is 2. The molecule has 18 heavy (non-hydrogen) atoms. The molecule has 1 aliphatic heterocycles. The number of H-pyrrole nitrogens is 1. The number of rotatable bonds is 2. The first-order valence-electron chi connectivity index (χ1n) is 5.96. The third-order valence-corrected chi connectivity index (χ3v) is 4.06. The molecule has 0 aliphatic carbocycles. The summed E-state index contributed by atoms with van der Waals surface area (Å²) in [4.78, 5) is 19.3. The summed E-state index contributed by atoms with van der Waals surface area (Å²) >= 11 is 1.75. The Morgan fingerprint density at radius 1 is 1.39 bits per heavy atom. The molecule has 3 rings (SSSR count). The van der Waals surface area contributed by atoms with Gasteiger partial charge in [0, 0.05) is 23.5 Å². The van der Waals surface area contributed by atoms with Crippen molar-refractivity contribution < 1.29 is 0 Å². The van der Waals surface area contributed by atoms with Crippen molar-refractivity contribution in [3.05, 3.63) is 62.8 Å². The standard InChI is InChI=1S/C14H14N2OS/c1-9-3-2-4-10(5-9)6-13-15-12-8-18-7-11(12)14(17)16-13/h2-5H,6-8H2,1H3,(H,15,16,17). The number of aryl methyl sites for hydroxylation is 1. The van der Waals surface area contributed by atoms with Gasteiger partial charge >= 0.3 is 0 Å². The molecule has 2 aromatic rings. The molecule has 3 nitrogen and oxygen atoms in total. The molecule has 92 valence electrons. The number of benzene rings is 1. The van der Waals surface area contributed by atoms with Gasteiger partial charge in [0.05, 0.1) is 5.69 Å². The van der Waals surface area contributed by atoms with Crippen molar-refractivity contribution in [3.63, 3.8) is 0 Å². The lowest BCUT2D eigenvalue weighted by atomic mass is 10.1. The quantitative estimate of drug-likeness (QED) is 0.899. The molecular weight excluding hydrogens is 244 g/mol. The van der Waals surface area contributed by atoms with Crippen LogP contribution >= 0.6 is 11.8 Å². The van der Waals surface area contributed by atoms with E-state index in [9.17, 15) is 4.79 Å². The van der Waals surface area contributed by atoms with Crippen molar-refractivity contribution in [2.45, 2.75) is 24.9 Å². The van der Waals surface area contributed by atoms with E-state index in [1.54, 1.807) is 11.8 Å². The molecule has 1 aromatic carbocycles. The molecule has 0 fully saturated rings. The fourth-order valence-corrected chi connectivity index (χ4v) is 3.25. The van der Waals surface area contributed by atoms with E-state index in [1.165, 1.54) is 11.1 Å². The Morgan fingerprint density at radius 3 is 3.11 bits per heavy atom. The predicted molar refractivity (Wildman–Crippen MR) is 73.8 cm³/mol. The molecule has 0 saturated heterocycles. The number of hydrogen-bond donors (Lipinski definition) is 1. The summed E-state index contributed by atoms with van der Waals surface area (Å²) in [5.41, 5.74) is 4.27. The highest BCUT2D eigenvalue weighted by atomic mass is 32.2. The van der Waals surface area contributed by atoms with E-state index in [4.69, 9.17) is 0 Å². The Kier molecular flexibility index (Phi) is 2.96. The second kappa shape index (κ2) is 4.61. The van der Waals surface area contributed by atoms with Crippen LogP contribution in [0.5, 0.6) is 0 Å². The SMILES string of the molecule is Cc1cccc(Cc2nc3c(c(=O)[nH]2)CSC3)c1. The minimum Gasteiger partial charge on any atom is -0.310 e. The first kappa shape index (κ1) is 11.5. The zero-order valence-electron chi connectivity index (χ0n) is 10.2. The average molecular weight is 258 g/mol. The van der Waals surface area contributed by atoms with Crippen LogP contribution in [0.15, 0.2) is 29.1 Å². The molecule has 0 atom stereocenters. The minimum atomic E-state index is 0.0349. The van der Waals surface area contributed by atoms with Crippen LogP contribution < -0.4 is 5.56 Å². The molecule has 0 spiro atoms. The van der Waals surface area contributed by atoms with Crippen LogP contribution in [0.1, 0.15) is 28.2 Å². The number of nitrogens with zero attached hydrogens (tertiary/aromatic N) is 1. The molecule has 1 aliphatic rings. The smallest absolute Gasteiger partial charge is 0.255 e. The predicted octanol–water partition coefficient (Wildman–Crippen LogP) is 2.42. The van der Waals surface area contributed by atoms with Gasteiger partial charge in [0.25, 0.3) is 5.56 Å². The van der Waals surface area contributed by atoms with Crippen LogP contribution in [0.4, 0.5) is 0 Å². The zero-order valence-corrected chi connectivity index (χ0v) is 11.0. The molecule has 0 radical (unpaired) electrons. The lowest BCUT2D eigenvalue weighted by molar-refractivity contribution is 0.903. The first-order valence-corrected chi connectivity index (χ1v) is 7.12. The summed E-state index contributed by atoms with van der Waals surface area (Å²) in [6.07, 6.45) is 0.689. The highest BCUT2D eigenvalue weighted by Crippen LogP contribution is 2.25. The molecule has 4 heteroatoms. The van der Waals surface area contributed by atoms with E-state index in [-0.39, 0.29) is 5.56 Å². The zero-order chi connectivity index (χ0) is 12.5. The van der Waals surface area contributed by atoms with Crippen molar-refractivity contribution in [3.8, 4) is 0 Å². The van der Waals surface area contributed by atoms with Gasteiger partial charge in [-0.3, -0.25) is 4.79 Å². The van der Waals surface area contributed by atoms with Gasteiger partial charge < -0.3 is 4.98 Å². The third-order valence-electron chi connectivity index (χ3n) is 3.09. The molecule has 2 heterocycles. The van der Waals surface area contributed by atoms with Gasteiger partial charge in [-0.1, -0.05) is 29.8 Å². The molecule has 0 unspecified atom stereocenters. The summed E-state index contributed by atoms with van der Waals surface area (Å²) in [5, 5.41) is 0. The first-order chi connectivity index (χ1) is 8.72. The number of hydrogen-bond acceptors (Lipinski definition) is 3. The maximum absolute atomic E-state index is 11.9. The maximum Gasteiger partial charge on any atom is 0.255 e. The summed E-state index contributed by atoms with van der Waals surface area (Å²) < 4.78 is 0. The molecule has 0 saturated carbocycles. The Labute approximate surface area is 110 Å². The van der Waals surface area contributed by atoms with E-state index in [2.05, 4.69) is 35.1 Å². The summed E-state index contributed by atoms with van der Waals surface area (Å²) in [6, 6.07) is 8.29. The van der Waals surface area contributed by atoms with Gasteiger partial charge in [-0.15, -0.1) is 0 Å². The summed E-state index contributed by atoms with van der Waals surface area (Å²) in [6.45, 7) is 2.07. The normalized spacial score (nSPS) is 13.6. The van der Waals surface area contributed by atoms with Gasteiger partial charge in [-0.2, -0.15) is 11.8 Å². The number of thioether (sulfide) groups is 1. The molecule has 1 aromatic heterocycles. The lowest BCUT2D eigenvalue weighted by Gasteiger charge is -2.04. The van der Waals surface area contributed by atoms with Crippen molar-refractivity contribution in [2.24, 2.45) is 0 Å². The molecule has 0 amide bonds. The van der Waals surface area contributed by atoms with E-state index in [0.717, 1.165) is 28.6 Å². The minimum absolute atomic E-state index is 0.0349. The van der Waals surface area contributed by atoms with Crippen LogP contribution in [0.3, 0.4) is 0 Å². The Bertz CT molecular complexity index is 648. The van der Waals surface area contributed by atoms with Gasteiger partial charge in [0.2, 0.25) is 0 Å². The van der Waals surface area contributed by atoms with Crippen LogP contribution in [-0.4, -0.2) is 9.97 Å². The van der Waals surface area contributed by atoms with Gasteiger partial charge in [0.15, 0.2) is 0 Å². The molecule has 0 bridgehead atoms. The second-order valence-electron chi connectivity index (χ2n) is 4.60. The van der Waals surface area contributed by atoms with E-state index < -0.39 is 0 Å². The monoisotopic (exact) mass is 258 g/mol. The number of fused-ring (bicyclic) bond motifs is 1. The van der Waals surface area contributed by atoms with Gasteiger partial charge in [-0.25, -0.2) is 4.98 Å². The summed E-state index contributed by atoms with van der Waals surface area (Å²) in [5.74, 6) is 2.43. The fourth-order valence-electron chi connectivity index (χ4n) is 2.21. The van der Waals surface area contributed by atoms with Gasteiger partial charge in [0.1, 0.15) is 5.82 Å². The van der Waals surface area contributed by atoms with E-state index in [0.29, 0.717) is 6.42 Å².